The second-order valence-electron chi connectivity index (χ2n) is 6.63. The van der Waals surface area contributed by atoms with Crippen LogP contribution in [0.2, 0.25) is 0 Å². The fraction of sp³-hybridized carbons (Fsp3) is 0.444. The van der Waals surface area contributed by atoms with Crippen LogP contribution in [0.15, 0.2) is 36.7 Å². The van der Waals surface area contributed by atoms with E-state index in [1.54, 1.807) is 12.4 Å². The maximum atomic E-state index is 12.6. The molecule has 2 N–H and O–H groups in total. The molecule has 3 aliphatic heterocycles. The van der Waals surface area contributed by atoms with Crippen molar-refractivity contribution in [1.29, 1.82) is 0 Å². The predicted molar refractivity (Wildman–Crippen MR) is 89.0 cm³/mol. The van der Waals surface area contributed by atoms with Crippen LogP contribution in [-0.2, 0) is 0 Å². The molecule has 2 bridgehead atoms. The van der Waals surface area contributed by atoms with Gasteiger partial charge in [0, 0.05) is 35.7 Å². The Morgan fingerprint density at radius 2 is 1.96 bits per heavy atom. The van der Waals surface area contributed by atoms with E-state index >= 15 is 0 Å². The molecule has 1 amide bonds. The first-order valence-electron chi connectivity index (χ1n) is 8.37. The summed E-state index contributed by atoms with van der Waals surface area (Å²) in [7, 11) is 0. The molecule has 3 fully saturated rings. The second-order valence-corrected chi connectivity index (χ2v) is 6.63. The molecule has 5 nitrogen and oxygen atoms in total. The molecule has 0 saturated carbocycles. The zero-order chi connectivity index (χ0) is 15.8. The van der Waals surface area contributed by atoms with Gasteiger partial charge in [-0.15, -0.1) is 0 Å². The van der Waals surface area contributed by atoms with Crippen LogP contribution in [0, 0.1) is 5.92 Å². The number of nitrogens with zero attached hydrogens (tertiary/aromatic N) is 2. The highest BCUT2D eigenvalue weighted by Gasteiger charge is 2.40. The first kappa shape index (κ1) is 14.5. The van der Waals surface area contributed by atoms with Gasteiger partial charge in [-0.1, -0.05) is 0 Å². The summed E-state index contributed by atoms with van der Waals surface area (Å²) in [5, 5.41) is 3.26. The monoisotopic (exact) mass is 310 g/mol. The Morgan fingerprint density at radius 3 is 2.65 bits per heavy atom. The molecule has 0 spiro atoms. The van der Waals surface area contributed by atoms with E-state index in [2.05, 4.69) is 27.1 Å². The Kier molecular flexibility index (Phi) is 3.65. The lowest BCUT2D eigenvalue weighted by molar-refractivity contribution is 0.0216. The van der Waals surface area contributed by atoms with Crippen molar-refractivity contribution in [3.05, 3.63) is 42.4 Å². The Hall–Kier alpha value is -2.14. The van der Waals surface area contributed by atoms with Gasteiger partial charge < -0.3 is 10.3 Å². The topological polar surface area (TPSA) is 61.0 Å². The number of fused-ring (bicyclic) bond motifs is 3. The SMILES string of the molecule is C[C@H]1[C@H](NC(=O)c2ccc(-c3ccncc3)[nH]2)C2CCN1CC2. The van der Waals surface area contributed by atoms with Crippen molar-refractivity contribution in [2.24, 2.45) is 5.92 Å². The number of carbonyl (C=O) groups excluding carboxylic acids is 1. The molecule has 3 aliphatic rings. The zero-order valence-corrected chi connectivity index (χ0v) is 13.3. The highest BCUT2D eigenvalue weighted by atomic mass is 16.2. The van der Waals surface area contributed by atoms with Crippen LogP contribution in [0.25, 0.3) is 11.3 Å². The number of pyridine rings is 1. The summed E-state index contributed by atoms with van der Waals surface area (Å²) in [5.41, 5.74) is 2.61. The van der Waals surface area contributed by atoms with Crippen LogP contribution >= 0.6 is 0 Å². The molecule has 0 radical (unpaired) electrons. The molecule has 3 saturated heterocycles. The number of H-pyrrole nitrogens is 1. The minimum atomic E-state index is -0.00379. The quantitative estimate of drug-likeness (QED) is 0.914. The third-order valence-corrected chi connectivity index (χ3v) is 5.40. The summed E-state index contributed by atoms with van der Waals surface area (Å²) in [6, 6.07) is 8.37. The van der Waals surface area contributed by atoms with Gasteiger partial charge in [0.05, 0.1) is 0 Å². The van der Waals surface area contributed by atoms with Crippen LogP contribution in [-0.4, -0.2) is 45.9 Å². The molecule has 5 heterocycles. The maximum Gasteiger partial charge on any atom is 0.267 e. The summed E-state index contributed by atoms with van der Waals surface area (Å²) in [4.78, 5) is 22.3. The van der Waals surface area contributed by atoms with Crippen LogP contribution in [0.5, 0.6) is 0 Å². The molecule has 23 heavy (non-hydrogen) atoms. The van der Waals surface area contributed by atoms with E-state index in [4.69, 9.17) is 0 Å². The van der Waals surface area contributed by atoms with E-state index in [0.29, 0.717) is 17.7 Å². The van der Waals surface area contributed by atoms with Crippen LogP contribution < -0.4 is 5.32 Å². The molecule has 2 aromatic rings. The van der Waals surface area contributed by atoms with Crippen LogP contribution in [0.4, 0.5) is 0 Å². The fourth-order valence-electron chi connectivity index (χ4n) is 4.00. The van der Waals surface area contributed by atoms with Gasteiger partial charge in [-0.2, -0.15) is 0 Å². The summed E-state index contributed by atoms with van der Waals surface area (Å²) >= 11 is 0. The fourth-order valence-corrected chi connectivity index (χ4v) is 4.00. The number of rotatable bonds is 3. The largest absolute Gasteiger partial charge is 0.351 e. The van der Waals surface area contributed by atoms with Crippen molar-refractivity contribution in [3.63, 3.8) is 0 Å². The van der Waals surface area contributed by atoms with Crippen LogP contribution in [0.3, 0.4) is 0 Å². The third-order valence-electron chi connectivity index (χ3n) is 5.40. The lowest BCUT2D eigenvalue weighted by Gasteiger charge is -2.49. The molecule has 0 aliphatic carbocycles. The number of amides is 1. The summed E-state index contributed by atoms with van der Waals surface area (Å²) in [6.45, 7) is 4.58. The van der Waals surface area contributed by atoms with Crippen molar-refractivity contribution in [1.82, 2.24) is 20.2 Å². The average Bonchev–Trinajstić information content (AvgIpc) is 3.09. The molecular formula is C18H22N4O. The Labute approximate surface area is 136 Å². The van der Waals surface area contributed by atoms with Crippen molar-refractivity contribution in [2.45, 2.75) is 31.8 Å². The molecule has 2 atom stereocenters. The van der Waals surface area contributed by atoms with E-state index in [1.165, 1.54) is 25.9 Å². The number of aromatic amines is 1. The maximum absolute atomic E-state index is 12.6. The van der Waals surface area contributed by atoms with Crippen molar-refractivity contribution in [2.75, 3.05) is 13.1 Å². The number of hydrogen-bond donors (Lipinski definition) is 2. The summed E-state index contributed by atoms with van der Waals surface area (Å²) in [6.07, 6.45) is 5.90. The van der Waals surface area contributed by atoms with Crippen molar-refractivity contribution < 1.29 is 4.79 Å². The highest BCUT2D eigenvalue weighted by Crippen LogP contribution is 2.32. The average molecular weight is 310 g/mol. The number of hydrogen-bond acceptors (Lipinski definition) is 3. The van der Waals surface area contributed by atoms with Gasteiger partial charge in [-0.3, -0.25) is 14.7 Å². The van der Waals surface area contributed by atoms with Gasteiger partial charge in [-0.25, -0.2) is 0 Å². The van der Waals surface area contributed by atoms with E-state index < -0.39 is 0 Å². The van der Waals surface area contributed by atoms with Crippen LogP contribution in [0.1, 0.15) is 30.3 Å². The minimum Gasteiger partial charge on any atom is -0.351 e. The number of carbonyl (C=O) groups is 1. The van der Waals surface area contributed by atoms with E-state index in [0.717, 1.165) is 11.3 Å². The Balaban J connectivity index is 1.49. The smallest absolute Gasteiger partial charge is 0.267 e. The third kappa shape index (κ3) is 2.65. The second kappa shape index (κ2) is 5.81. The summed E-state index contributed by atoms with van der Waals surface area (Å²) < 4.78 is 0. The standard InChI is InChI=1S/C18H22N4O/c1-12-17(14-6-10-22(12)11-7-14)21-18(23)16-3-2-15(20-16)13-4-8-19-9-5-13/h2-5,8-9,12,14,17,20H,6-7,10-11H2,1H3,(H,21,23)/t12-,17-/m0/s1. The number of aromatic nitrogens is 2. The molecule has 120 valence electrons. The van der Waals surface area contributed by atoms with Gasteiger partial charge in [0.1, 0.15) is 5.69 Å². The van der Waals surface area contributed by atoms with E-state index in [-0.39, 0.29) is 11.9 Å². The van der Waals surface area contributed by atoms with Gasteiger partial charge in [0.15, 0.2) is 0 Å². The molecule has 5 heteroatoms. The lowest BCUT2D eigenvalue weighted by atomic mass is 9.79. The number of nitrogens with one attached hydrogen (secondary N) is 2. The lowest BCUT2D eigenvalue weighted by Crippen LogP contribution is -2.62. The van der Waals surface area contributed by atoms with Crippen molar-refractivity contribution in [3.8, 4) is 11.3 Å². The van der Waals surface area contributed by atoms with Gasteiger partial charge in [0.2, 0.25) is 0 Å². The molecule has 5 rings (SSSR count). The first-order chi connectivity index (χ1) is 11.2. The highest BCUT2D eigenvalue weighted by molar-refractivity contribution is 5.93. The van der Waals surface area contributed by atoms with Gasteiger partial charge >= 0.3 is 0 Å². The molecule has 2 aromatic heterocycles. The van der Waals surface area contributed by atoms with Crippen molar-refractivity contribution >= 4 is 5.91 Å². The molecular weight excluding hydrogens is 288 g/mol. The summed E-state index contributed by atoms with van der Waals surface area (Å²) in [5.74, 6) is 0.615. The normalized spacial score (nSPS) is 29.4. The Bertz CT molecular complexity index is 686. The molecule has 0 unspecified atom stereocenters. The predicted octanol–water partition coefficient (Wildman–Crippen LogP) is 2.29. The van der Waals surface area contributed by atoms with Gasteiger partial charge in [-0.05, 0) is 63.0 Å². The Morgan fingerprint density at radius 1 is 1.22 bits per heavy atom. The van der Waals surface area contributed by atoms with Gasteiger partial charge in [0.25, 0.3) is 5.91 Å². The zero-order valence-electron chi connectivity index (χ0n) is 13.3. The first-order valence-corrected chi connectivity index (χ1v) is 8.37. The minimum absolute atomic E-state index is 0.00379. The number of piperidine rings is 3. The molecule has 0 aromatic carbocycles. The van der Waals surface area contributed by atoms with E-state index in [1.807, 2.05) is 24.3 Å². The van der Waals surface area contributed by atoms with E-state index in [9.17, 15) is 4.79 Å².